The summed E-state index contributed by atoms with van der Waals surface area (Å²) in [6.45, 7) is 3.27. The maximum atomic E-state index is 12.1. The van der Waals surface area contributed by atoms with Gasteiger partial charge in [-0.3, -0.25) is 9.00 Å². The molecule has 8 heteroatoms. The summed E-state index contributed by atoms with van der Waals surface area (Å²) in [5.74, 6) is 2.02. The van der Waals surface area contributed by atoms with Crippen LogP contribution in [0.4, 0.5) is 0 Å². The number of rotatable bonds is 11. The summed E-state index contributed by atoms with van der Waals surface area (Å²) >= 11 is -2.28. The fourth-order valence-corrected chi connectivity index (χ4v) is 3.45. The van der Waals surface area contributed by atoms with Gasteiger partial charge in [0.2, 0.25) is 0 Å². The first-order valence-electron chi connectivity index (χ1n) is 9.90. The van der Waals surface area contributed by atoms with Crippen molar-refractivity contribution in [2.75, 3.05) is 19.8 Å². The number of hydrogen-bond acceptors (Lipinski definition) is 5. The molecule has 1 aromatic carbocycles. The third-order valence-corrected chi connectivity index (χ3v) is 5.38. The topological polar surface area (TPSA) is 92.6 Å². The van der Waals surface area contributed by atoms with E-state index in [1.54, 1.807) is 13.2 Å². The van der Waals surface area contributed by atoms with Crippen molar-refractivity contribution in [2.45, 2.75) is 32.6 Å². The maximum Gasteiger partial charge on any atom is 0.254 e. The molecular weight excluding hydrogens is 392 g/mol. The number of benzene rings is 1. The minimum atomic E-state index is -2.28. The van der Waals surface area contributed by atoms with Gasteiger partial charge in [-0.25, -0.2) is 4.72 Å². The Labute approximate surface area is 173 Å². The molecular formula is C21H27N2O5S-. The largest absolute Gasteiger partial charge is 0.760 e. The van der Waals surface area contributed by atoms with Crippen LogP contribution in [-0.2, 0) is 24.7 Å². The Morgan fingerprint density at radius 2 is 2.00 bits per heavy atom. The molecule has 0 radical (unpaired) electrons. The molecule has 7 nitrogen and oxygen atoms in total. The molecule has 3 rings (SSSR count). The Morgan fingerprint density at radius 1 is 1.21 bits per heavy atom. The number of aryl methyl sites for hydroxylation is 1. The van der Waals surface area contributed by atoms with Gasteiger partial charge in [0.15, 0.2) is 0 Å². The standard InChI is InChI=1S/C21H28N2O5S/c1-3-27-20-13-21(24)23(2)14-18(20)17-12-16(8-10-22-29(25)26)6-7-19(17)28-11-9-15-4-5-15/h6-7,12-15,22H,3-5,8-11H2,1-2H3,(H,25,26)/p-1. The van der Waals surface area contributed by atoms with E-state index in [0.717, 1.165) is 34.8 Å². The summed E-state index contributed by atoms with van der Waals surface area (Å²) in [4.78, 5) is 12.1. The van der Waals surface area contributed by atoms with Gasteiger partial charge in [-0.05, 0) is 43.4 Å². The Kier molecular flexibility index (Phi) is 7.46. The van der Waals surface area contributed by atoms with Gasteiger partial charge in [-0.2, -0.15) is 0 Å². The predicted molar refractivity (Wildman–Crippen MR) is 112 cm³/mol. The molecule has 1 unspecified atom stereocenters. The zero-order valence-corrected chi connectivity index (χ0v) is 17.6. The second-order valence-electron chi connectivity index (χ2n) is 7.22. The molecule has 0 bridgehead atoms. The summed E-state index contributed by atoms with van der Waals surface area (Å²) in [6.07, 6.45) is 5.88. The Hall–Kier alpha value is -2.16. The molecule has 158 valence electrons. The van der Waals surface area contributed by atoms with Crippen LogP contribution in [0.5, 0.6) is 11.5 Å². The van der Waals surface area contributed by atoms with Crippen molar-refractivity contribution in [1.29, 1.82) is 0 Å². The first-order valence-corrected chi connectivity index (χ1v) is 11.0. The number of pyridine rings is 1. The molecule has 1 heterocycles. The summed E-state index contributed by atoms with van der Waals surface area (Å²) in [5.41, 5.74) is 2.42. The SMILES string of the molecule is CCOc1cc(=O)n(C)cc1-c1cc(CCNS(=O)[O-])ccc1OCCC1CC1. The van der Waals surface area contributed by atoms with E-state index in [-0.39, 0.29) is 5.56 Å². The van der Waals surface area contributed by atoms with Gasteiger partial charge >= 0.3 is 0 Å². The molecule has 29 heavy (non-hydrogen) atoms. The highest BCUT2D eigenvalue weighted by Crippen LogP contribution is 2.37. The number of nitrogens with zero attached hydrogens (tertiary/aromatic N) is 1. The quantitative estimate of drug-likeness (QED) is 0.565. The molecule has 1 N–H and O–H groups in total. The van der Waals surface area contributed by atoms with Gasteiger partial charge in [0.25, 0.3) is 5.56 Å². The first kappa shape index (κ1) is 21.5. The van der Waals surface area contributed by atoms with E-state index >= 15 is 0 Å². The molecule has 0 saturated heterocycles. The highest BCUT2D eigenvalue weighted by molar-refractivity contribution is 7.77. The van der Waals surface area contributed by atoms with Crippen molar-refractivity contribution >= 4 is 11.3 Å². The van der Waals surface area contributed by atoms with Crippen molar-refractivity contribution in [3.05, 3.63) is 46.4 Å². The zero-order valence-electron chi connectivity index (χ0n) is 16.8. The molecule has 1 aromatic heterocycles. The van der Waals surface area contributed by atoms with Crippen molar-refractivity contribution in [2.24, 2.45) is 13.0 Å². The van der Waals surface area contributed by atoms with Crippen molar-refractivity contribution in [1.82, 2.24) is 9.29 Å². The fourth-order valence-electron chi connectivity index (χ4n) is 3.18. The van der Waals surface area contributed by atoms with E-state index in [2.05, 4.69) is 4.72 Å². The van der Waals surface area contributed by atoms with Crippen LogP contribution < -0.4 is 19.8 Å². The lowest BCUT2D eigenvalue weighted by Crippen LogP contribution is -2.19. The second-order valence-corrected chi connectivity index (χ2v) is 7.98. The van der Waals surface area contributed by atoms with Crippen molar-refractivity contribution in [3.63, 3.8) is 0 Å². The first-order chi connectivity index (χ1) is 14.0. The van der Waals surface area contributed by atoms with Crippen LogP contribution >= 0.6 is 0 Å². The minimum Gasteiger partial charge on any atom is -0.760 e. The Morgan fingerprint density at radius 3 is 2.69 bits per heavy atom. The zero-order chi connectivity index (χ0) is 20.8. The molecule has 2 aromatic rings. The molecule has 1 saturated carbocycles. The Balaban J connectivity index is 1.94. The highest BCUT2D eigenvalue weighted by Gasteiger charge is 2.21. The highest BCUT2D eigenvalue weighted by atomic mass is 32.2. The third kappa shape index (κ3) is 6.16. The molecule has 1 atom stereocenters. The van der Waals surface area contributed by atoms with E-state index in [0.29, 0.717) is 31.9 Å². The smallest absolute Gasteiger partial charge is 0.254 e. The van der Waals surface area contributed by atoms with E-state index in [1.165, 1.54) is 23.5 Å². The van der Waals surface area contributed by atoms with Gasteiger partial charge in [-0.15, -0.1) is 0 Å². The minimum absolute atomic E-state index is 0.147. The average molecular weight is 420 g/mol. The lowest BCUT2D eigenvalue weighted by atomic mass is 10.0. The van der Waals surface area contributed by atoms with Crippen LogP contribution in [0.2, 0.25) is 0 Å². The molecule has 1 aliphatic carbocycles. The average Bonchev–Trinajstić information content (AvgIpc) is 3.50. The van der Waals surface area contributed by atoms with Crippen LogP contribution in [0, 0.1) is 5.92 Å². The lowest BCUT2D eigenvalue weighted by molar-refractivity contribution is 0.303. The number of aromatic nitrogens is 1. The van der Waals surface area contributed by atoms with E-state index in [4.69, 9.17) is 9.47 Å². The second kappa shape index (κ2) is 10.0. The van der Waals surface area contributed by atoms with Crippen molar-refractivity contribution in [3.8, 4) is 22.6 Å². The summed E-state index contributed by atoms with van der Waals surface area (Å²) in [6, 6.07) is 7.31. The summed E-state index contributed by atoms with van der Waals surface area (Å²) in [5, 5.41) is 0. The van der Waals surface area contributed by atoms with Crippen LogP contribution in [-0.4, -0.2) is 33.1 Å². The van der Waals surface area contributed by atoms with Gasteiger partial charge in [0, 0.05) is 48.2 Å². The van der Waals surface area contributed by atoms with Crippen LogP contribution in [0.3, 0.4) is 0 Å². The molecule has 0 spiro atoms. The van der Waals surface area contributed by atoms with Gasteiger partial charge in [0.05, 0.1) is 13.2 Å². The van der Waals surface area contributed by atoms with Crippen LogP contribution in [0.1, 0.15) is 31.7 Å². The van der Waals surface area contributed by atoms with Crippen molar-refractivity contribution < 1.29 is 18.2 Å². The van der Waals surface area contributed by atoms with Crippen LogP contribution in [0.15, 0.2) is 35.3 Å². The van der Waals surface area contributed by atoms with E-state index < -0.39 is 11.3 Å². The molecule has 0 amide bonds. The lowest BCUT2D eigenvalue weighted by Gasteiger charge is -2.17. The molecule has 0 aliphatic heterocycles. The van der Waals surface area contributed by atoms with Gasteiger partial charge in [-0.1, -0.05) is 18.9 Å². The van der Waals surface area contributed by atoms with E-state index in [9.17, 15) is 13.6 Å². The maximum absolute atomic E-state index is 12.1. The Bertz CT molecular complexity index is 924. The van der Waals surface area contributed by atoms with Gasteiger partial charge < -0.3 is 18.6 Å². The fraction of sp³-hybridized carbons (Fsp3) is 0.476. The molecule has 1 aliphatic rings. The van der Waals surface area contributed by atoms with E-state index in [1.807, 2.05) is 25.1 Å². The third-order valence-electron chi connectivity index (χ3n) is 4.94. The number of hydrogen-bond donors (Lipinski definition) is 1. The number of nitrogens with one attached hydrogen (secondary N) is 1. The van der Waals surface area contributed by atoms with Gasteiger partial charge in [0.1, 0.15) is 11.5 Å². The normalized spacial score (nSPS) is 14.6. The predicted octanol–water partition coefficient (Wildman–Crippen LogP) is 2.56. The summed E-state index contributed by atoms with van der Waals surface area (Å²) < 4.78 is 37.1. The van der Waals surface area contributed by atoms with Crippen LogP contribution in [0.25, 0.3) is 11.1 Å². The monoisotopic (exact) mass is 419 g/mol. The summed E-state index contributed by atoms with van der Waals surface area (Å²) in [7, 11) is 1.70. The molecule has 1 fully saturated rings. The number of ether oxygens (including phenoxy) is 2.